The first-order valence-corrected chi connectivity index (χ1v) is 10.7. The van der Waals surface area contributed by atoms with Gasteiger partial charge in [0.05, 0.1) is 0 Å². The zero-order chi connectivity index (χ0) is 16.9. The van der Waals surface area contributed by atoms with Crippen molar-refractivity contribution in [1.82, 2.24) is 8.61 Å². The summed E-state index contributed by atoms with van der Waals surface area (Å²) in [5, 5.41) is 0. The van der Waals surface area contributed by atoms with E-state index in [-0.39, 0.29) is 6.04 Å². The highest BCUT2D eigenvalue weighted by Gasteiger charge is 2.33. The third kappa shape index (κ3) is 4.56. The predicted molar refractivity (Wildman–Crippen MR) is 98.5 cm³/mol. The van der Waals surface area contributed by atoms with Gasteiger partial charge in [-0.1, -0.05) is 53.9 Å². The Kier molecular flexibility index (Phi) is 7.07. The van der Waals surface area contributed by atoms with Crippen LogP contribution in [0.25, 0.3) is 0 Å². The molecule has 1 heterocycles. The normalized spacial score (nSPS) is 18.8. The summed E-state index contributed by atoms with van der Waals surface area (Å²) < 4.78 is 30.7. The van der Waals surface area contributed by atoms with Gasteiger partial charge < -0.3 is 0 Å². The Bertz CT molecular complexity index is 598. The Morgan fingerprint density at radius 3 is 2.35 bits per heavy atom. The number of rotatable bonds is 6. The third-order valence-corrected chi connectivity index (χ3v) is 7.25. The Labute approximate surface area is 149 Å². The Morgan fingerprint density at radius 1 is 1.17 bits per heavy atom. The Hall–Kier alpha value is -0.430. The summed E-state index contributed by atoms with van der Waals surface area (Å²) in [6, 6.07) is 7.69. The molecule has 1 aromatic carbocycles. The molecule has 2 rings (SSSR count). The summed E-state index contributed by atoms with van der Waals surface area (Å²) in [6.45, 7) is 5.83. The monoisotopic (exact) mass is 402 g/mol. The van der Waals surface area contributed by atoms with Gasteiger partial charge in [0.15, 0.2) is 0 Å². The molecule has 0 spiro atoms. The van der Waals surface area contributed by atoms with E-state index in [4.69, 9.17) is 0 Å². The molecule has 1 saturated heterocycles. The first-order valence-electron chi connectivity index (χ1n) is 8.49. The van der Waals surface area contributed by atoms with Crippen LogP contribution in [0, 0.1) is 0 Å². The van der Waals surface area contributed by atoms with Gasteiger partial charge in [0.1, 0.15) is 0 Å². The van der Waals surface area contributed by atoms with Crippen molar-refractivity contribution in [3.8, 4) is 0 Å². The molecular weight excluding hydrogens is 376 g/mol. The zero-order valence-corrected chi connectivity index (χ0v) is 16.4. The number of hydrogen-bond donors (Lipinski definition) is 0. The van der Waals surface area contributed by atoms with Gasteiger partial charge in [-0.3, -0.25) is 0 Å². The molecule has 0 bridgehead atoms. The van der Waals surface area contributed by atoms with E-state index in [1.165, 1.54) is 0 Å². The maximum atomic E-state index is 13.2. The SMILES string of the molecule is CCCN(C(C)c1ccccc1Br)S(=O)(=O)N1CCCCCC1. The van der Waals surface area contributed by atoms with Crippen LogP contribution in [0.15, 0.2) is 28.7 Å². The third-order valence-electron chi connectivity index (χ3n) is 4.42. The molecular formula is C17H27BrN2O2S. The van der Waals surface area contributed by atoms with Crippen LogP contribution in [0.2, 0.25) is 0 Å². The molecule has 0 radical (unpaired) electrons. The highest BCUT2D eigenvalue weighted by Crippen LogP contribution is 2.31. The van der Waals surface area contributed by atoms with Crippen LogP contribution in [-0.4, -0.2) is 36.7 Å². The molecule has 4 nitrogen and oxygen atoms in total. The molecule has 0 N–H and O–H groups in total. The minimum atomic E-state index is -3.43. The van der Waals surface area contributed by atoms with E-state index in [1.54, 1.807) is 8.61 Å². The van der Waals surface area contributed by atoms with Gasteiger partial charge in [-0.25, -0.2) is 0 Å². The van der Waals surface area contributed by atoms with E-state index in [0.29, 0.717) is 19.6 Å². The van der Waals surface area contributed by atoms with Crippen molar-refractivity contribution < 1.29 is 8.42 Å². The molecule has 0 saturated carbocycles. The van der Waals surface area contributed by atoms with Crippen LogP contribution < -0.4 is 0 Å². The van der Waals surface area contributed by atoms with Crippen molar-refractivity contribution in [2.45, 2.75) is 52.0 Å². The molecule has 1 aliphatic rings. The van der Waals surface area contributed by atoms with Gasteiger partial charge in [-0.15, -0.1) is 0 Å². The van der Waals surface area contributed by atoms with Crippen LogP contribution in [0.1, 0.15) is 57.6 Å². The van der Waals surface area contributed by atoms with Gasteiger partial charge in [0, 0.05) is 30.1 Å². The minimum absolute atomic E-state index is 0.182. The molecule has 130 valence electrons. The molecule has 1 unspecified atom stereocenters. The van der Waals surface area contributed by atoms with Gasteiger partial charge >= 0.3 is 0 Å². The highest BCUT2D eigenvalue weighted by molar-refractivity contribution is 9.10. The maximum absolute atomic E-state index is 13.2. The lowest BCUT2D eigenvalue weighted by molar-refractivity contribution is 0.297. The largest absolute Gasteiger partial charge is 0.282 e. The maximum Gasteiger partial charge on any atom is 0.282 e. The number of benzene rings is 1. The molecule has 0 amide bonds. The second-order valence-corrected chi connectivity index (χ2v) is 8.86. The van der Waals surface area contributed by atoms with E-state index in [1.807, 2.05) is 38.1 Å². The van der Waals surface area contributed by atoms with E-state index in [0.717, 1.165) is 42.1 Å². The lowest BCUT2D eigenvalue weighted by Gasteiger charge is -2.33. The molecule has 1 fully saturated rings. The molecule has 1 aromatic rings. The predicted octanol–water partition coefficient (Wildman–Crippen LogP) is 4.34. The number of hydrogen-bond acceptors (Lipinski definition) is 2. The molecule has 0 aliphatic carbocycles. The van der Waals surface area contributed by atoms with Gasteiger partial charge in [0.25, 0.3) is 10.2 Å². The first kappa shape index (κ1) is 18.9. The van der Waals surface area contributed by atoms with Crippen LogP contribution >= 0.6 is 15.9 Å². The van der Waals surface area contributed by atoms with E-state index >= 15 is 0 Å². The fourth-order valence-corrected chi connectivity index (χ4v) is 5.68. The Morgan fingerprint density at radius 2 is 1.78 bits per heavy atom. The van der Waals surface area contributed by atoms with E-state index in [9.17, 15) is 8.42 Å². The smallest absolute Gasteiger partial charge is 0.195 e. The lowest BCUT2D eigenvalue weighted by Crippen LogP contribution is -2.45. The second kappa shape index (κ2) is 8.60. The van der Waals surface area contributed by atoms with Crippen LogP contribution in [0.4, 0.5) is 0 Å². The fourth-order valence-electron chi connectivity index (χ4n) is 3.12. The van der Waals surface area contributed by atoms with Crippen LogP contribution in [0.5, 0.6) is 0 Å². The van der Waals surface area contributed by atoms with Gasteiger partial charge in [-0.05, 0) is 37.8 Å². The van der Waals surface area contributed by atoms with E-state index < -0.39 is 10.2 Å². The van der Waals surface area contributed by atoms with Crippen molar-refractivity contribution in [2.75, 3.05) is 19.6 Å². The van der Waals surface area contributed by atoms with Crippen molar-refractivity contribution >= 4 is 26.1 Å². The molecule has 23 heavy (non-hydrogen) atoms. The quantitative estimate of drug-likeness (QED) is 0.709. The van der Waals surface area contributed by atoms with Crippen molar-refractivity contribution in [2.24, 2.45) is 0 Å². The van der Waals surface area contributed by atoms with Crippen LogP contribution in [-0.2, 0) is 10.2 Å². The fraction of sp³-hybridized carbons (Fsp3) is 0.647. The standard InChI is InChI=1S/C17H27BrN2O2S/c1-3-12-20(15(2)16-10-6-7-11-17(16)18)23(21,22)19-13-8-4-5-9-14-19/h6-7,10-11,15H,3-5,8-9,12-14H2,1-2H3. The minimum Gasteiger partial charge on any atom is -0.195 e. The first-order chi connectivity index (χ1) is 11.0. The topological polar surface area (TPSA) is 40.6 Å². The summed E-state index contributed by atoms with van der Waals surface area (Å²) in [7, 11) is -3.43. The summed E-state index contributed by atoms with van der Waals surface area (Å²) in [6.07, 6.45) is 4.98. The molecule has 6 heteroatoms. The molecule has 0 aromatic heterocycles. The molecule has 1 atom stereocenters. The lowest BCUT2D eigenvalue weighted by atomic mass is 10.1. The van der Waals surface area contributed by atoms with Gasteiger partial charge in [-0.2, -0.15) is 17.0 Å². The van der Waals surface area contributed by atoms with Crippen molar-refractivity contribution in [3.05, 3.63) is 34.3 Å². The average Bonchev–Trinajstić information content (AvgIpc) is 2.82. The second-order valence-electron chi connectivity index (χ2n) is 6.13. The summed E-state index contributed by atoms with van der Waals surface area (Å²) in [5.41, 5.74) is 1.01. The van der Waals surface area contributed by atoms with Gasteiger partial charge in [0.2, 0.25) is 0 Å². The van der Waals surface area contributed by atoms with Crippen molar-refractivity contribution in [3.63, 3.8) is 0 Å². The van der Waals surface area contributed by atoms with Crippen LogP contribution in [0.3, 0.4) is 0 Å². The zero-order valence-electron chi connectivity index (χ0n) is 14.0. The number of nitrogens with zero attached hydrogens (tertiary/aromatic N) is 2. The summed E-state index contributed by atoms with van der Waals surface area (Å²) in [4.78, 5) is 0. The Balaban J connectivity index is 2.30. The summed E-state index contributed by atoms with van der Waals surface area (Å²) in [5.74, 6) is 0. The summed E-state index contributed by atoms with van der Waals surface area (Å²) >= 11 is 3.56. The van der Waals surface area contributed by atoms with E-state index in [2.05, 4.69) is 15.9 Å². The highest BCUT2D eigenvalue weighted by atomic mass is 79.9. The van der Waals surface area contributed by atoms with Crippen molar-refractivity contribution in [1.29, 1.82) is 0 Å². The molecule has 1 aliphatic heterocycles. The number of halogens is 1. The average molecular weight is 403 g/mol.